The Morgan fingerprint density at radius 1 is 0.851 bits per heavy atom. The Kier molecular flexibility index (Phi) is 9.06. The zero-order chi connectivity index (χ0) is 33.0. The van der Waals surface area contributed by atoms with Crippen molar-refractivity contribution >= 4 is 17.5 Å². The summed E-state index contributed by atoms with van der Waals surface area (Å²) in [5.41, 5.74) is 5.52. The Hall–Kier alpha value is -5.44. The van der Waals surface area contributed by atoms with Gasteiger partial charge in [0, 0.05) is 23.0 Å². The van der Waals surface area contributed by atoms with E-state index >= 15 is 0 Å². The summed E-state index contributed by atoms with van der Waals surface area (Å²) in [6, 6.07) is 30.5. The minimum absolute atomic E-state index is 0.292. The number of rotatable bonds is 10. The lowest BCUT2D eigenvalue weighted by atomic mass is 9.86. The SMILES string of the molecule is CCCCc1c(-c2ccccn2)ccc2c1C(C(=O)NCC(F)(F)F)c1cccc(NC(=O)c3ccccc3Oc3ccccc3)c1-2. The third-order valence-corrected chi connectivity index (χ3v) is 8.12. The number of ether oxygens (including phenoxy) is 1. The molecule has 1 atom stereocenters. The predicted molar refractivity (Wildman–Crippen MR) is 176 cm³/mol. The minimum atomic E-state index is -4.58. The van der Waals surface area contributed by atoms with Crippen LogP contribution in [-0.2, 0) is 11.2 Å². The standard InChI is InChI=1S/C38H32F3N3O3/c1-2-3-14-26-25(30-17-9-10-22-42-30)20-21-29-33-28(35(34(26)29)37(46)43-23-38(39,40)41)16-11-18-31(33)44-36(45)27-15-7-8-19-32(27)47-24-12-5-4-6-13-24/h4-13,15-22,35H,2-3,14,23H2,1H3,(H,43,46)(H,44,45). The number of benzene rings is 4. The zero-order valence-electron chi connectivity index (χ0n) is 25.6. The fourth-order valence-corrected chi connectivity index (χ4v) is 6.08. The monoisotopic (exact) mass is 635 g/mol. The van der Waals surface area contributed by atoms with E-state index in [2.05, 4.69) is 22.5 Å². The van der Waals surface area contributed by atoms with Gasteiger partial charge in [-0.05, 0) is 77.6 Å². The number of nitrogens with zero attached hydrogens (tertiary/aromatic N) is 1. The van der Waals surface area contributed by atoms with Gasteiger partial charge in [0.15, 0.2) is 0 Å². The van der Waals surface area contributed by atoms with E-state index in [0.29, 0.717) is 57.1 Å². The maximum absolute atomic E-state index is 13.8. The largest absolute Gasteiger partial charge is 0.457 e. The molecule has 47 heavy (non-hydrogen) atoms. The van der Waals surface area contributed by atoms with Gasteiger partial charge in [-0.1, -0.05) is 74.0 Å². The number of fused-ring (bicyclic) bond motifs is 3. The average Bonchev–Trinajstić information content (AvgIpc) is 3.42. The highest BCUT2D eigenvalue weighted by molar-refractivity contribution is 6.10. The molecule has 0 bridgehead atoms. The van der Waals surface area contributed by atoms with Crippen LogP contribution in [-0.4, -0.2) is 29.5 Å². The van der Waals surface area contributed by atoms with Crippen LogP contribution < -0.4 is 15.4 Å². The Morgan fingerprint density at radius 2 is 1.60 bits per heavy atom. The highest BCUT2D eigenvalue weighted by atomic mass is 19.4. The molecule has 0 aliphatic heterocycles. The van der Waals surface area contributed by atoms with Gasteiger partial charge in [0.05, 0.1) is 17.2 Å². The van der Waals surface area contributed by atoms with E-state index in [4.69, 9.17) is 4.74 Å². The average molecular weight is 636 g/mol. The summed E-state index contributed by atoms with van der Waals surface area (Å²) in [6.45, 7) is 0.602. The van der Waals surface area contributed by atoms with Gasteiger partial charge in [0.1, 0.15) is 18.0 Å². The van der Waals surface area contributed by atoms with Crippen LogP contribution in [0.2, 0.25) is 0 Å². The predicted octanol–water partition coefficient (Wildman–Crippen LogP) is 8.93. The minimum Gasteiger partial charge on any atom is -0.457 e. The first-order chi connectivity index (χ1) is 22.7. The first-order valence-corrected chi connectivity index (χ1v) is 15.4. The molecule has 2 N–H and O–H groups in total. The number of hydrogen-bond donors (Lipinski definition) is 2. The first kappa shape index (κ1) is 31.5. The number of pyridine rings is 1. The molecule has 1 heterocycles. The van der Waals surface area contributed by atoms with Crippen LogP contribution in [0.5, 0.6) is 11.5 Å². The number of nitrogens with one attached hydrogen (secondary N) is 2. The van der Waals surface area contributed by atoms with Crippen LogP contribution in [0.15, 0.2) is 109 Å². The van der Waals surface area contributed by atoms with Crippen LogP contribution >= 0.6 is 0 Å². The molecule has 1 aliphatic rings. The summed E-state index contributed by atoms with van der Waals surface area (Å²) >= 11 is 0. The number of anilines is 1. The van der Waals surface area contributed by atoms with E-state index in [1.165, 1.54) is 0 Å². The highest BCUT2D eigenvalue weighted by Gasteiger charge is 2.39. The van der Waals surface area contributed by atoms with Crippen LogP contribution in [0.1, 0.15) is 52.7 Å². The summed E-state index contributed by atoms with van der Waals surface area (Å²) in [4.78, 5) is 32.1. The molecule has 5 aromatic rings. The number of carbonyl (C=O) groups excluding carboxylic acids is 2. The molecule has 0 radical (unpaired) electrons. The molecule has 0 fully saturated rings. The van der Waals surface area contributed by atoms with Crippen molar-refractivity contribution in [3.05, 3.63) is 132 Å². The molecule has 1 aromatic heterocycles. The lowest BCUT2D eigenvalue weighted by Gasteiger charge is -2.20. The smallest absolute Gasteiger partial charge is 0.405 e. The van der Waals surface area contributed by atoms with Crippen molar-refractivity contribution in [3.63, 3.8) is 0 Å². The summed E-state index contributed by atoms with van der Waals surface area (Å²) < 4.78 is 45.9. The van der Waals surface area contributed by atoms with E-state index in [9.17, 15) is 22.8 Å². The van der Waals surface area contributed by atoms with Crippen LogP contribution in [0, 0.1) is 0 Å². The molecule has 9 heteroatoms. The van der Waals surface area contributed by atoms with Gasteiger partial charge in [-0.2, -0.15) is 13.2 Å². The highest BCUT2D eigenvalue weighted by Crippen LogP contribution is 2.51. The zero-order valence-corrected chi connectivity index (χ0v) is 25.6. The van der Waals surface area contributed by atoms with E-state index in [1.807, 2.05) is 48.5 Å². The van der Waals surface area contributed by atoms with Gasteiger partial charge in [-0.15, -0.1) is 0 Å². The third kappa shape index (κ3) is 6.74. The molecule has 1 aliphatic carbocycles. The first-order valence-electron chi connectivity index (χ1n) is 15.4. The number of unbranched alkanes of at least 4 members (excludes halogenated alkanes) is 1. The lowest BCUT2D eigenvalue weighted by molar-refractivity contribution is -0.138. The Morgan fingerprint density at radius 3 is 2.34 bits per heavy atom. The fourth-order valence-electron chi connectivity index (χ4n) is 6.08. The topological polar surface area (TPSA) is 80.3 Å². The van der Waals surface area contributed by atoms with E-state index in [1.54, 1.807) is 60.8 Å². The lowest BCUT2D eigenvalue weighted by Crippen LogP contribution is -2.37. The van der Waals surface area contributed by atoms with Crippen molar-refractivity contribution in [1.29, 1.82) is 0 Å². The van der Waals surface area contributed by atoms with Crippen molar-refractivity contribution < 1.29 is 27.5 Å². The molecule has 0 saturated heterocycles. The van der Waals surface area contributed by atoms with Crippen molar-refractivity contribution in [1.82, 2.24) is 10.3 Å². The molecule has 6 rings (SSSR count). The van der Waals surface area contributed by atoms with E-state index in [-0.39, 0.29) is 0 Å². The quantitative estimate of drug-likeness (QED) is 0.161. The molecule has 2 amide bonds. The molecule has 0 saturated carbocycles. The number of amides is 2. The summed E-state index contributed by atoms with van der Waals surface area (Å²) in [7, 11) is 0. The van der Waals surface area contributed by atoms with Crippen LogP contribution in [0.25, 0.3) is 22.4 Å². The molecule has 0 spiro atoms. The normalized spacial score (nSPS) is 13.4. The van der Waals surface area contributed by atoms with Gasteiger partial charge < -0.3 is 15.4 Å². The Bertz CT molecular complexity index is 1910. The second-order valence-corrected chi connectivity index (χ2v) is 11.3. The summed E-state index contributed by atoms with van der Waals surface area (Å²) in [5.74, 6) is -1.30. The van der Waals surface area contributed by atoms with Crippen molar-refractivity contribution in [2.45, 2.75) is 38.3 Å². The third-order valence-electron chi connectivity index (χ3n) is 8.12. The van der Waals surface area contributed by atoms with Gasteiger partial charge in [-0.25, -0.2) is 0 Å². The summed E-state index contributed by atoms with van der Waals surface area (Å²) in [6.07, 6.45) is -0.637. The fraction of sp³-hybridized carbons (Fsp3) is 0.184. The second-order valence-electron chi connectivity index (χ2n) is 11.3. The maximum atomic E-state index is 13.8. The number of para-hydroxylation sites is 2. The van der Waals surface area contributed by atoms with Gasteiger partial charge >= 0.3 is 6.18 Å². The molecular weight excluding hydrogens is 603 g/mol. The van der Waals surface area contributed by atoms with Crippen molar-refractivity contribution in [2.24, 2.45) is 0 Å². The van der Waals surface area contributed by atoms with Crippen LogP contribution in [0.3, 0.4) is 0 Å². The van der Waals surface area contributed by atoms with Crippen LogP contribution in [0.4, 0.5) is 18.9 Å². The summed E-state index contributed by atoms with van der Waals surface area (Å²) in [5, 5.41) is 5.13. The van der Waals surface area contributed by atoms with Crippen molar-refractivity contribution in [3.8, 4) is 33.9 Å². The maximum Gasteiger partial charge on any atom is 0.405 e. The van der Waals surface area contributed by atoms with E-state index in [0.717, 1.165) is 24.0 Å². The number of hydrogen-bond acceptors (Lipinski definition) is 4. The molecule has 238 valence electrons. The number of alkyl halides is 3. The molecule has 1 unspecified atom stereocenters. The Balaban J connectivity index is 1.46. The van der Waals surface area contributed by atoms with Gasteiger partial charge in [-0.3, -0.25) is 14.6 Å². The van der Waals surface area contributed by atoms with Gasteiger partial charge in [0.25, 0.3) is 5.91 Å². The second kappa shape index (κ2) is 13.5. The molecular formula is C38H32F3N3O3. The molecule has 6 nitrogen and oxygen atoms in total. The van der Waals surface area contributed by atoms with Gasteiger partial charge in [0.2, 0.25) is 5.91 Å². The Labute approximate surface area is 270 Å². The van der Waals surface area contributed by atoms with E-state index < -0.39 is 30.5 Å². The van der Waals surface area contributed by atoms with Crippen molar-refractivity contribution in [2.75, 3.05) is 11.9 Å². The number of halogens is 3. The number of aromatic nitrogens is 1. The number of carbonyl (C=O) groups is 2. The molecule has 4 aromatic carbocycles.